The zero-order valence-electron chi connectivity index (χ0n) is 17.8. The SMILES string of the molecule is O=C(CCCN1C(=O)C2CCCCN2C1=O)N1CCN(c2cccc(C(F)(F)F)c2)CC1. The molecule has 3 aliphatic heterocycles. The van der Waals surface area contributed by atoms with Gasteiger partial charge in [0.15, 0.2) is 0 Å². The smallest absolute Gasteiger partial charge is 0.368 e. The molecule has 0 N–H and O–H groups in total. The number of imide groups is 1. The first-order valence-corrected chi connectivity index (χ1v) is 11.1. The third kappa shape index (κ3) is 4.54. The summed E-state index contributed by atoms with van der Waals surface area (Å²) in [5.41, 5.74) is -0.190. The summed E-state index contributed by atoms with van der Waals surface area (Å²) in [4.78, 5) is 43.9. The number of piperidine rings is 1. The van der Waals surface area contributed by atoms with Crippen LogP contribution in [-0.2, 0) is 15.8 Å². The Hall–Kier alpha value is -2.78. The summed E-state index contributed by atoms with van der Waals surface area (Å²) in [6.07, 6.45) is -1.19. The highest BCUT2D eigenvalue weighted by Gasteiger charge is 2.45. The first kappa shape index (κ1) is 22.4. The van der Waals surface area contributed by atoms with E-state index in [1.165, 1.54) is 11.0 Å². The Balaban J connectivity index is 1.24. The number of fused-ring (bicyclic) bond motifs is 1. The van der Waals surface area contributed by atoms with E-state index in [0.717, 1.165) is 25.0 Å². The standard InChI is InChI=1S/C22H27F3N4O3/c23-22(24,25)16-5-3-6-17(15-16)26-11-13-27(14-12-26)19(30)8-4-10-29-20(31)18-7-1-2-9-28(18)21(29)32/h3,5-6,15,18H,1-2,4,7-14H2. The second kappa shape index (κ2) is 8.99. The highest BCUT2D eigenvalue weighted by atomic mass is 19.4. The van der Waals surface area contributed by atoms with Crippen LogP contribution in [0.2, 0.25) is 0 Å². The lowest BCUT2D eigenvalue weighted by molar-refractivity contribution is -0.137. The van der Waals surface area contributed by atoms with Crippen LogP contribution in [0, 0.1) is 0 Å². The zero-order valence-corrected chi connectivity index (χ0v) is 17.8. The van der Waals surface area contributed by atoms with Crippen LogP contribution >= 0.6 is 0 Å². The number of benzene rings is 1. The minimum Gasteiger partial charge on any atom is -0.368 e. The highest BCUT2D eigenvalue weighted by Crippen LogP contribution is 2.32. The topological polar surface area (TPSA) is 64.2 Å². The lowest BCUT2D eigenvalue weighted by Crippen LogP contribution is -2.49. The number of rotatable bonds is 5. The molecule has 174 valence electrons. The number of urea groups is 1. The molecule has 0 aliphatic carbocycles. The molecule has 7 nitrogen and oxygen atoms in total. The molecule has 1 aromatic rings. The van der Waals surface area contributed by atoms with Gasteiger partial charge in [-0.25, -0.2) is 4.79 Å². The Labute approximate surface area is 184 Å². The van der Waals surface area contributed by atoms with Crippen molar-refractivity contribution < 1.29 is 27.6 Å². The van der Waals surface area contributed by atoms with Crippen molar-refractivity contribution in [2.24, 2.45) is 0 Å². The van der Waals surface area contributed by atoms with Gasteiger partial charge in [0.05, 0.1) is 5.56 Å². The molecule has 0 radical (unpaired) electrons. The molecule has 0 saturated carbocycles. The van der Waals surface area contributed by atoms with E-state index in [2.05, 4.69) is 0 Å². The molecule has 32 heavy (non-hydrogen) atoms. The van der Waals surface area contributed by atoms with Gasteiger partial charge in [-0.05, 0) is 43.9 Å². The summed E-state index contributed by atoms with van der Waals surface area (Å²) in [6.45, 7) is 2.60. The Bertz CT molecular complexity index is 859. The molecule has 1 aromatic carbocycles. The number of amides is 4. The van der Waals surface area contributed by atoms with Gasteiger partial charge in [-0.2, -0.15) is 13.2 Å². The summed E-state index contributed by atoms with van der Waals surface area (Å²) >= 11 is 0. The highest BCUT2D eigenvalue weighted by molar-refractivity contribution is 6.04. The van der Waals surface area contributed by atoms with Gasteiger partial charge < -0.3 is 14.7 Å². The van der Waals surface area contributed by atoms with Crippen LogP contribution < -0.4 is 4.90 Å². The summed E-state index contributed by atoms with van der Waals surface area (Å²) in [5, 5.41) is 0. The Morgan fingerprint density at radius 1 is 1.03 bits per heavy atom. The van der Waals surface area contributed by atoms with E-state index in [1.54, 1.807) is 15.9 Å². The molecule has 0 spiro atoms. The second-order valence-electron chi connectivity index (χ2n) is 8.50. The van der Waals surface area contributed by atoms with Crippen molar-refractivity contribution in [1.29, 1.82) is 0 Å². The molecule has 3 aliphatic rings. The summed E-state index contributed by atoms with van der Waals surface area (Å²) in [5.74, 6) is -0.220. The van der Waals surface area contributed by atoms with Gasteiger partial charge in [-0.1, -0.05) is 6.07 Å². The molecule has 10 heteroatoms. The van der Waals surface area contributed by atoms with Gasteiger partial charge in [-0.3, -0.25) is 14.5 Å². The number of nitrogens with zero attached hydrogens (tertiary/aromatic N) is 4. The molecule has 1 atom stereocenters. The van der Waals surface area contributed by atoms with Gasteiger partial charge in [-0.15, -0.1) is 0 Å². The quantitative estimate of drug-likeness (QED) is 0.645. The van der Waals surface area contributed by atoms with E-state index in [1.807, 2.05) is 4.90 Å². The van der Waals surface area contributed by atoms with Crippen molar-refractivity contribution in [2.45, 2.75) is 44.3 Å². The van der Waals surface area contributed by atoms with Crippen LogP contribution in [0.4, 0.5) is 23.7 Å². The number of carbonyl (C=O) groups is 3. The average molecular weight is 452 g/mol. The maximum Gasteiger partial charge on any atom is 0.416 e. The van der Waals surface area contributed by atoms with E-state index < -0.39 is 11.7 Å². The van der Waals surface area contributed by atoms with E-state index >= 15 is 0 Å². The van der Waals surface area contributed by atoms with E-state index in [-0.39, 0.29) is 36.9 Å². The van der Waals surface area contributed by atoms with Crippen molar-refractivity contribution in [3.05, 3.63) is 29.8 Å². The zero-order chi connectivity index (χ0) is 22.9. The summed E-state index contributed by atoms with van der Waals surface area (Å²) in [7, 11) is 0. The predicted octanol–water partition coefficient (Wildman–Crippen LogP) is 2.95. The Morgan fingerprint density at radius 2 is 1.78 bits per heavy atom. The van der Waals surface area contributed by atoms with Gasteiger partial charge in [0.2, 0.25) is 5.91 Å². The fourth-order valence-electron chi connectivity index (χ4n) is 4.69. The molecule has 4 rings (SSSR count). The van der Waals surface area contributed by atoms with Crippen molar-refractivity contribution in [3.8, 4) is 0 Å². The fourth-order valence-corrected chi connectivity index (χ4v) is 4.69. The van der Waals surface area contributed by atoms with E-state index in [0.29, 0.717) is 51.3 Å². The number of piperazine rings is 1. The number of carbonyl (C=O) groups excluding carboxylic acids is 3. The minimum atomic E-state index is -4.39. The van der Waals surface area contributed by atoms with E-state index in [4.69, 9.17) is 0 Å². The molecule has 0 bridgehead atoms. The average Bonchev–Trinajstić information content (AvgIpc) is 3.04. The normalized spacial score (nSPS) is 21.9. The van der Waals surface area contributed by atoms with Gasteiger partial charge in [0.1, 0.15) is 6.04 Å². The first-order chi connectivity index (χ1) is 15.3. The van der Waals surface area contributed by atoms with Gasteiger partial charge in [0, 0.05) is 51.4 Å². The lowest BCUT2D eigenvalue weighted by Gasteiger charge is -2.36. The van der Waals surface area contributed by atoms with Crippen LogP contribution in [0.5, 0.6) is 0 Å². The Kier molecular flexibility index (Phi) is 6.30. The van der Waals surface area contributed by atoms with Gasteiger partial charge >= 0.3 is 12.2 Å². The molecule has 3 fully saturated rings. The number of halogens is 3. The summed E-state index contributed by atoms with van der Waals surface area (Å²) < 4.78 is 38.8. The van der Waals surface area contributed by atoms with Crippen LogP contribution in [0.25, 0.3) is 0 Å². The molecule has 3 heterocycles. The molecular formula is C22H27F3N4O3. The third-order valence-corrected chi connectivity index (χ3v) is 6.47. The van der Waals surface area contributed by atoms with Crippen LogP contribution in [-0.4, -0.2) is 77.9 Å². The first-order valence-electron chi connectivity index (χ1n) is 11.1. The third-order valence-electron chi connectivity index (χ3n) is 6.47. The van der Waals surface area contributed by atoms with E-state index in [9.17, 15) is 27.6 Å². The lowest BCUT2D eigenvalue weighted by atomic mass is 10.0. The maximum atomic E-state index is 12.9. The monoisotopic (exact) mass is 452 g/mol. The number of anilines is 1. The molecule has 4 amide bonds. The minimum absolute atomic E-state index is 0.0643. The number of hydrogen-bond acceptors (Lipinski definition) is 4. The number of hydrogen-bond donors (Lipinski definition) is 0. The number of alkyl halides is 3. The predicted molar refractivity (Wildman–Crippen MR) is 111 cm³/mol. The molecular weight excluding hydrogens is 425 g/mol. The summed E-state index contributed by atoms with van der Waals surface area (Å²) in [6, 6.07) is 4.63. The van der Waals surface area contributed by atoms with Crippen LogP contribution in [0.15, 0.2) is 24.3 Å². The van der Waals surface area contributed by atoms with Crippen molar-refractivity contribution in [2.75, 3.05) is 44.2 Å². The molecule has 1 unspecified atom stereocenters. The Morgan fingerprint density at radius 3 is 2.47 bits per heavy atom. The van der Waals surface area contributed by atoms with Crippen molar-refractivity contribution in [1.82, 2.24) is 14.7 Å². The van der Waals surface area contributed by atoms with Crippen molar-refractivity contribution >= 4 is 23.5 Å². The maximum absolute atomic E-state index is 12.9. The second-order valence-corrected chi connectivity index (χ2v) is 8.50. The largest absolute Gasteiger partial charge is 0.416 e. The molecule has 3 saturated heterocycles. The van der Waals surface area contributed by atoms with Crippen molar-refractivity contribution in [3.63, 3.8) is 0 Å². The molecule has 0 aromatic heterocycles. The fraction of sp³-hybridized carbons (Fsp3) is 0.591. The van der Waals surface area contributed by atoms with Crippen LogP contribution in [0.1, 0.15) is 37.7 Å². The van der Waals surface area contributed by atoms with Crippen LogP contribution in [0.3, 0.4) is 0 Å². The van der Waals surface area contributed by atoms with Gasteiger partial charge in [0.25, 0.3) is 5.91 Å².